The molecular formula is C32H45F6N6+. The van der Waals surface area contributed by atoms with E-state index in [9.17, 15) is 26.3 Å². The van der Waals surface area contributed by atoms with Crippen LogP contribution in [0.1, 0.15) is 90.2 Å². The van der Waals surface area contributed by atoms with E-state index < -0.39 is 29.3 Å². The standard InChI is InChI=1S/C16H9F6N5.C16H36N/c17-15(18,19)10-1-5-12(6-2-10)24-26-14(9-23)27-25-13-7-3-11(4-8-13)16(20,21)22;1-5-9-13-17(14-10-6-2,15-11-7-3)16-12-8-4/h1-8,24H;5-16H2,1-4H3/q;+1/b26-14+,27-25?;. The average Bonchev–Trinajstić information content (AvgIpc) is 3.00. The molecule has 0 unspecified atom stereocenters. The van der Waals surface area contributed by atoms with Gasteiger partial charge in [-0.2, -0.15) is 31.6 Å². The number of hydrogen-bond donors (Lipinski definition) is 1. The van der Waals surface area contributed by atoms with Crippen LogP contribution in [0.3, 0.4) is 0 Å². The molecule has 0 heterocycles. The van der Waals surface area contributed by atoms with Crippen molar-refractivity contribution in [2.45, 2.75) is 91.4 Å². The van der Waals surface area contributed by atoms with Gasteiger partial charge in [-0.3, -0.25) is 5.43 Å². The zero-order valence-corrected chi connectivity index (χ0v) is 26.1. The number of azo groups is 1. The van der Waals surface area contributed by atoms with Gasteiger partial charge in [0.2, 0.25) is 0 Å². The van der Waals surface area contributed by atoms with E-state index in [-0.39, 0.29) is 11.4 Å². The summed E-state index contributed by atoms with van der Waals surface area (Å²) in [5.74, 6) is -0.477. The molecule has 2 rings (SSSR count). The topological polar surface area (TPSA) is 72.9 Å². The molecule has 0 aliphatic carbocycles. The second-order valence-electron chi connectivity index (χ2n) is 10.6. The predicted octanol–water partition coefficient (Wildman–Crippen LogP) is 10.8. The summed E-state index contributed by atoms with van der Waals surface area (Å²) in [5.41, 5.74) is 0.849. The molecule has 2 aromatic carbocycles. The number of halogens is 6. The molecule has 0 aromatic heterocycles. The summed E-state index contributed by atoms with van der Waals surface area (Å²) < 4.78 is 76.2. The van der Waals surface area contributed by atoms with Gasteiger partial charge in [-0.25, -0.2) is 0 Å². The molecule has 0 spiro atoms. The summed E-state index contributed by atoms with van der Waals surface area (Å²) in [6, 6.07) is 9.17. The molecule has 244 valence electrons. The van der Waals surface area contributed by atoms with Crippen LogP contribution >= 0.6 is 0 Å². The minimum absolute atomic E-state index is 0.0560. The second kappa shape index (κ2) is 19.7. The van der Waals surface area contributed by atoms with Crippen molar-refractivity contribution < 1.29 is 30.8 Å². The maximum Gasteiger partial charge on any atom is 0.416 e. The Kier molecular flexibility index (Phi) is 17.3. The molecule has 0 saturated heterocycles. The van der Waals surface area contributed by atoms with Crippen molar-refractivity contribution in [2.24, 2.45) is 15.3 Å². The van der Waals surface area contributed by atoms with Crippen molar-refractivity contribution in [1.82, 2.24) is 0 Å². The van der Waals surface area contributed by atoms with Crippen molar-refractivity contribution >= 4 is 17.2 Å². The molecule has 2 aromatic rings. The van der Waals surface area contributed by atoms with Crippen molar-refractivity contribution in [3.63, 3.8) is 0 Å². The van der Waals surface area contributed by atoms with Crippen LogP contribution in [0.25, 0.3) is 0 Å². The minimum atomic E-state index is -4.49. The molecule has 0 saturated carbocycles. The number of anilines is 1. The molecule has 0 aliphatic rings. The zero-order valence-electron chi connectivity index (χ0n) is 26.1. The lowest BCUT2D eigenvalue weighted by Crippen LogP contribution is -2.50. The Morgan fingerprint density at radius 2 is 1.07 bits per heavy atom. The van der Waals surface area contributed by atoms with Crippen LogP contribution in [0.4, 0.5) is 37.7 Å². The van der Waals surface area contributed by atoms with Gasteiger partial charge in [0.15, 0.2) is 0 Å². The van der Waals surface area contributed by atoms with Gasteiger partial charge in [0.25, 0.3) is 5.84 Å². The molecule has 0 amide bonds. The molecule has 1 N–H and O–H groups in total. The van der Waals surface area contributed by atoms with Crippen LogP contribution in [0.15, 0.2) is 63.9 Å². The maximum atomic E-state index is 12.5. The lowest BCUT2D eigenvalue weighted by atomic mass is 10.1. The number of nitrogens with one attached hydrogen (secondary N) is 1. The van der Waals surface area contributed by atoms with Crippen LogP contribution in [-0.2, 0) is 12.4 Å². The average molecular weight is 628 g/mol. The fraction of sp³-hybridized carbons (Fsp3) is 0.562. The maximum absolute atomic E-state index is 12.5. The van der Waals surface area contributed by atoms with E-state index in [1.54, 1.807) is 6.07 Å². The summed E-state index contributed by atoms with van der Waals surface area (Å²) in [5, 5.41) is 19.5. The third-order valence-corrected chi connectivity index (χ3v) is 7.00. The van der Waals surface area contributed by atoms with Crippen molar-refractivity contribution in [3.8, 4) is 6.07 Å². The van der Waals surface area contributed by atoms with Gasteiger partial charge in [-0.05, 0) is 74.2 Å². The van der Waals surface area contributed by atoms with Crippen molar-refractivity contribution in [2.75, 3.05) is 31.6 Å². The van der Waals surface area contributed by atoms with Crippen LogP contribution in [-0.4, -0.2) is 36.5 Å². The normalized spacial score (nSPS) is 12.5. The van der Waals surface area contributed by atoms with E-state index in [1.165, 1.54) is 82.0 Å². The van der Waals surface area contributed by atoms with Gasteiger partial charge in [0.1, 0.15) is 6.07 Å². The fourth-order valence-corrected chi connectivity index (χ4v) is 4.39. The lowest BCUT2D eigenvalue weighted by Gasteiger charge is -2.39. The Labute approximate surface area is 257 Å². The van der Waals surface area contributed by atoms with E-state index in [4.69, 9.17) is 5.26 Å². The summed E-state index contributed by atoms with van der Waals surface area (Å²) in [6.45, 7) is 15.0. The van der Waals surface area contributed by atoms with E-state index in [0.29, 0.717) is 0 Å². The Hall–Kier alpha value is -3.46. The van der Waals surface area contributed by atoms with E-state index in [2.05, 4.69) is 48.5 Å². The largest absolute Gasteiger partial charge is 0.416 e. The molecule has 0 radical (unpaired) electrons. The first-order valence-corrected chi connectivity index (χ1v) is 15.2. The first kappa shape index (κ1) is 38.6. The summed E-state index contributed by atoms with van der Waals surface area (Å²) in [7, 11) is 0. The molecular weight excluding hydrogens is 582 g/mol. The zero-order chi connectivity index (χ0) is 33.1. The summed E-state index contributed by atoms with van der Waals surface area (Å²) in [4.78, 5) is 0. The Morgan fingerprint density at radius 1 is 0.682 bits per heavy atom. The minimum Gasteiger partial charge on any atom is -0.324 e. The quantitative estimate of drug-likeness (QED) is 0.0533. The van der Waals surface area contributed by atoms with Crippen LogP contribution in [0, 0.1) is 11.3 Å². The molecule has 0 aliphatic heterocycles. The van der Waals surface area contributed by atoms with Crippen LogP contribution < -0.4 is 5.43 Å². The predicted molar refractivity (Wildman–Crippen MR) is 163 cm³/mol. The van der Waals surface area contributed by atoms with E-state index >= 15 is 0 Å². The third-order valence-electron chi connectivity index (χ3n) is 7.00. The highest BCUT2D eigenvalue weighted by atomic mass is 19.4. The molecule has 6 nitrogen and oxygen atoms in total. The van der Waals surface area contributed by atoms with Crippen molar-refractivity contribution in [1.29, 1.82) is 5.26 Å². The SMILES string of the molecule is CCCC[N+](CCCC)(CCCC)CCCC.N#C/C(N=Nc1ccc(C(F)(F)F)cc1)=N\Nc1ccc(C(F)(F)F)cc1. The van der Waals surface area contributed by atoms with Gasteiger partial charge in [0.05, 0.1) is 48.7 Å². The highest BCUT2D eigenvalue weighted by Crippen LogP contribution is 2.31. The van der Waals surface area contributed by atoms with Gasteiger partial charge in [0, 0.05) is 0 Å². The molecule has 44 heavy (non-hydrogen) atoms. The number of unbranched alkanes of at least 4 members (excludes halogenated alkanes) is 4. The number of hydrogen-bond acceptors (Lipinski definition) is 4. The number of nitriles is 1. The Balaban J connectivity index is 0.000000493. The highest BCUT2D eigenvalue weighted by Gasteiger charge is 2.30. The molecule has 0 bridgehead atoms. The van der Waals surface area contributed by atoms with Crippen molar-refractivity contribution in [3.05, 3.63) is 59.7 Å². The number of benzene rings is 2. The fourth-order valence-electron chi connectivity index (χ4n) is 4.39. The second-order valence-corrected chi connectivity index (χ2v) is 10.6. The van der Waals surface area contributed by atoms with Crippen LogP contribution in [0.2, 0.25) is 0 Å². The first-order chi connectivity index (χ1) is 20.8. The number of quaternary nitrogens is 1. The number of hydrazone groups is 1. The lowest BCUT2D eigenvalue weighted by molar-refractivity contribution is -0.929. The van der Waals surface area contributed by atoms with Gasteiger partial charge in [-0.15, -0.1) is 15.3 Å². The number of rotatable bonds is 15. The number of nitrogens with zero attached hydrogens (tertiary/aromatic N) is 5. The van der Waals surface area contributed by atoms with Crippen LogP contribution in [0.5, 0.6) is 0 Å². The number of amidine groups is 1. The number of alkyl halides is 6. The van der Waals surface area contributed by atoms with E-state index in [0.717, 1.165) is 48.5 Å². The summed E-state index contributed by atoms with van der Waals surface area (Å²) in [6.07, 6.45) is 2.10. The molecule has 0 fully saturated rings. The van der Waals surface area contributed by atoms with Gasteiger partial charge < -0.3 is 4.48 Å². The Bertz CT molecular complexity index is 1130. The molecule has 0 atom stereocenters. The highest BCUT2D eigenvalue weighted by molar-refractivity contribution is 5.97. The molecule has 12 heteroatoms. The Morgan fingerprint density at radius 3 is 1.41 bits per heavy atom. The smallest absolute Gasteiger partial charge is 0.324 e. The summed E-state index contributed by atoms with van der Waals surface area (Å²) >= 11 is 0. The van der Waals surface area contributed by atoms with E-state index in [1.807, 2.05) is 0 Å². The third kappa shape index (κ3) is 14.8. The van der Waals surface area contributed by atoms with Gasteiger partial charge >= 0.3 is 12.4 Å². The monoisotopic (exact) mass is 627 g/mol. The van der Waals surface area contributed by atoms with Gasteiger partial charge in [-0.1, -0.05) is 53.4 Å². The first-order valence-electron chi connectivity index (χ1n) is 15.2.